The molecule has 0 spiro atoms. The van der Waals surface area contributed by atoms with Crippen molar-refractivity contribution in [1.29, 1.82) is 0 Å². The van der Waals surface area contributed by atoms with Crippen molar-refractivity contribution in [3.63, 3.8) is 0 Å². The Balaban J connectivity index is 3.75. The van der Waals surface area contributed by atoms with Crippen LogP contribution in [0.15, 0.2) is 12.3 Å². The van der Waals surface area contributed by atoms with Crippen molar-refractivity contribution in [3.05, 3.63) is 12.3 Å². The Bertz CT molecular complexity index is 512. The maximum atomic E-state index is 11.6. The van der Waals surface area contributed by atoms with E-state index in [9.17, 15) is 14.3 Å². The second-order valence-corrected chi connectivity index (χ2v) is 9.39. The van der Waals surface area contributed by atoms with Crippen LogP contribution < -0.4 is 0 Å². The first-order chi connectivity index (χ1) is 15.4. The van der Waals surface area contributed by atoms with E-state index in [0.717, 1.165) is 12.8 Å². The Hall–Kier alpha value is -0.920. The molecule has 0 heterocycles. The number of unbranched alkanes of at least 4 members (excludes halogenated alkanes) is 12. The Morgan fingerprint density at radius 1 is 0.906 bits per heavy atom. The fourth-order valence-electron chi connectivity index (χ4n) is 3.12. The molecule has 0 aromatic heterocycles. The summed E-state index contributed by atoms with van der Waals surface area (Å²) < 4.78 is 31.2. The minimum atomic E-state index is -4.31. The molecular formula is C23H45O8P. The first-order valence-corrected chi connectivity index (χ1v) is 13.6. The molecule has 0 bridgehead atoms. The van der Waals surface area contributed by atoms with E-state index < -0.39 is 26.5 Å². The SMILES string of the molecule is CCCCCCCCCCCCCC/C=C/OC[C@@H](COP(=O)(O)OCCO)OC(C)=O. The Labute approximate surface area is 194 Å². The summed E-state index contributed by atoms with van der Waals surface area (Å²) >= 11 is 0. The summed E-state index contributed by atoms with van der Waals surface area (Å²) in [6.07, 6.45) is 19.3. The van der Waals surface area contributed by atoms with Crippen LogP contribution >= 0.6 is 7.82 Å². The summed E-state index contributed by atoms with van der Waals surface area (Å²) in [5.74, 6) is -0.549. The highest BCUT2D eigenvalue weighted by molar-refractivity contribution is 7.47. The van der Waals surface area contributed by atoms with Crippen LogP contribution in [-0.2, 0) is 27.9 Å². The number of aliphatic hydroxyl groups excluding tert-OH is 1. The van der Waals surface area contributed by atoms with Crippen LogP contribution in [0.2, 0.25) is 0 Å². The number of phosphoric ester groups is 1. The van der Waals surface area contributed by atoms with Gasteiger partial charge in [0, 0.05) is 6.92 Å². The molecule has 9 heteroatoms. The zero-order chi connectivity index (χ0) is 23.9. The summed E-state index contributed by atoms with van der Waals surface area (Å²) in [4.78, 5) is 20.6. The number of hydrogen-bond acceptors (Lipinski definition) is 7. The third-order valence-corrected chi connectivity index (χ3v) is 5.79. The highest BCUT2D eigenvalue weighted by Crippen LogP contribution is 2.43. The number of allylic oxidation sites excluding steroid dienone is 1. The van der Waals surface area contributed by atoms with Crippen molar-refractivity contribution in [3.8, 4) is 0 Å². The summed E-state index contributed by atoms with van der Waals surface area (Å²) in [7, 11) is -4.31. The van der Waals surface area contributed by atoms with Gasteiger partial charge in [0.05, 0.1) is 26.1 Å². The fourth-order valence-corrected chi connectivity index (χ4v) is 3.87. The second-order valence-electron chi connectivity index (χ2n) is 7.94. The molecule has 0 aliphatic carbocycles. The maximum Gasteiger partial charge on any atom is 0.472 e. The van der Waals surface area contributed by atoms with Gasteiger partial charge < -0.3 is 19.5 Å². The summed E-state index contributed by atoms with van der Waals surface area (Å²) in [6.45, 7) is 2.38. The van der Waals surface area contributed by atoms with Gasteiger partial charge >= 0.3 is 13.8 Å². The number of rotatable bonds is 23. The molecule has 0 fully saturated rings. The molecule has 0 saturated heterocycles. The minimum Gasteiger partial charge on any atom is -0.498 e. The smallest absolute Gasteiger partial charge is 0.472 e. The third-order valence-electron chi connectivity index (χ3n) is 4.80. The lowest BCUT2D eigenvalue weighted by atomic mass is 10.0. The van der Waals surface area contributed by atoms with Gasteiger partial charge in [-0.1, -0.05) is 77.6 Å². The van der Waals surface area contributed by atoms with E-state index in [-0.39, 0.29) is 19.8 Å². The van der Waals surface area contributed by atoms with Crippen molar-refractivity contribution in [1.82, 2.24) is 0 Å². The molecule has 0 saturated carbocycles. The number of carbonyl (C=O) groups excluding carboxylic acids is 1. The number of hydrogen-bond donors (Lipinski definition) is 2. The lowest BCUT2D eigenvalue weighted by molar-refractivity contribution is -0.150. The van der Waals surface area contributed by atoms with Gasteiger partial charge in [-0.3, -0.25) is 13.8 Å². The molecule has 0 radical (unpaired) electrons. The van der Waals surface area contributed by atoms with Gasteiger partial charge in [-0.15, -0.1) is 0 Å². The summed E-state index contributed by atoms with van der Waals surface area (Å²) in [5, 5.41) is 8.63. The Morgan fingerprint density at radius 3 is 2.00 bits per heavy atom. The van der Waals surface area contributed by atoms with Crippen molar-refractivity contribution < 1.29 is 37.9 Å². The average molecular weight is 481 g/mol. The van der Waals surface area contributed by atoms with Crippen LogP contribution in [0.1, 0.15) is 97.3 Å². The van der Waals surface area contributed by atoms with E-state index in [1.165, 1.54) is 77.6 Å². The molecule has 2 atom stereocenters. The topological polar surface area (TPSA) is 112 Å². The number of ether oxygens (including phenoxy) is 2. The van der Waals surface area contributed by atoms with Crippen molar-refractivity contribution in [2.45, 2.75) is 103 Å². The first-order valence-electron chi connectivity index (χ1n) is 12.1. The third kappa shape index (κ3) is 22.3. The molecule has 2 N–H and O–H groups in total. The Morgan fingerprint density at radius 2 is 1.47 bits per heavy atom. The minimum absolute atomic E-state index is 0.00543. The zero-order valence-electron chi connectivity index (χ0n) is 20.0. The van der Waals surface area contributed by atoms with Gasteiger partial charge in [0.15, 0.2) is 6.10 Å². The van der Waals surface area contributed by atoms with E-state index in [1.54, 1.807) is 6.26 Å². The highest BCUT2D eigenvalue weighted by atomic mass is 31.2. The van der Waals surface area contributed by atoms with Crippen LogP contribution in [0.3, 0.4) is 0 Å². The maximum absolute atomic E-state index is 11.6. The van der Waals surface area contributed by atoms with Crippen LogP contribution in [0.25, 0.3) is 0 Å². The molecule has 8 nitrogen and oxygen atoms in total. The number of aliphatic hydroxyl groups is 1. The lowest BCUT2D eigenvalue weighted by Gasteiger charge is -2.18. The zero-order valence-corrected chi connectivity index (χ0v) is 20.9. The van der Waals surface area contributed by atoms with E-state index in [1.807, 2.05) is 6.08 Å². The summed E-state index contributed by atoms with van der Waals surface area (Å²) in [5.41, 5.74) is 0. The molecule has 0 rings (SSSR count). The Kier molecular flexibility index (Phi) is 21.3. The van der Waals surface area contributed by atoms with Crippen LogP contribution in [0.4, 0.5) is 0 Å². The van der Waals surface area contributed by atoms with Crippen molar-refractivity contribution >= 4 is 13.8 Å². The molecule has 0 aliphatic heterocycles. The standard InChI is InChI=1S/C23H45O8P/c1-3-4-5-6-7-8-9-10-11-12-13-14-15-16-18-28-20-23(31-22(2)25)21-30-32(26,27)29-19-17-24/h16,18,23-24H,3-15,17,19-21H2,1-2H3,(H,26,27)/b18-16+/t23-/m0/s1. The van der Waals surface area contributed by atoms with Gasteiger partial charge in [0.2, 0.25) is 0 Å². The monoisotopic (exact) mass is 480 g/mol. The molecule has 190 valence electrons. The fraction of sp³-hybridized carbons (Fsp3) is 0.870. The van der Waals surface area contributed by atoms with Crippen molar-refractivity contribution in [2.75, 3.05) is 26.4 Å². The normalized spacial score (nSPS) is 14.4. The van der Waals surface area contributed by atoms with Crippen molar-refractivity contribution in [2.24, 2.45) is 0 Å². The quantitative estimate of drug-likeness (QED) is 0.0833. The van der Waals surface area contributed by atoms with Crippen LogP contribution in [-0.4, -0.2) is 48.5 Å². The predicted octanol–water partition coefficient (Wildman–Crippen LogP) is 5.67. The second kappa shape index (κ2) is 21.9. The molecule has 0 amide bonds. The van der Waals surface area contributed by atoms with Crippen LogP contribution in [0.5, 0.6) is 0 Å². The van der Waals surface area contributed by atoms with Gasteiger partial charge in [0.1, 0.15) is 6.61 Å². The molecule has 0 aromatic rings. The molecule has 1 unspecified atom stereocenters. The number of esters is 1. The van der Waals surface area contributed by atoms with Gasteiger partial charge in [0.25, 0.3) is 0 Å². The van der Waals surface area contributed by atoms with E-state index in [0.29, 0.717) is 0 Å². The molecular weight excluding hydrogens is 435 g/mol. The molecule has 0 aliphatic rings. The summed E-state index contributed by atoms with van der Waals surface area (Å²) in [6, 6.07) is 0. The number of phosphoric acid groups is 1. The van der Waals surface area contributed by atoms with Gasteiger partial charge in [-0.2, -0.15) is 0 Å². The van der Waals surface area contributed by atoms with E-state index in [4.69, 9.17) is 19.1 Å². The highest BCUT2D eigenvalue weighted by Gasteiger charge is 2.24. The van der Waals surface area contributed by atoms with Crippen LogP contribution in [0, 0.1) is 0 Å². The number of carbonyl (C=O) groups is 1. The van der Waals surface area contributed by atoms with Gasteiger partial charge in [-0.25, -0.2) is 4.57 Å². The first kappa shape index (κ1) is 31.1. The molecule has 0 aromatic carbocycles. The molecule has 32 heavy (non-hydrogen) atoms. The lowest BCUT2D eigenvalue weighted by Crippen LogP contribution is -2.26. The predicted molar refractivity (Wildman–Crippen MR) is 125 cm³/mol. The largest absolute Gasteiger partial charge is 0.498 e. The van der Waals surface area contributed by atoms with E-state index in [2.05, 4.69) is 11.4 Å². The van der Waals surface area contributed by atoms with Gasteiger partial charge in [-0.05, 0) is 18.9 Å². The average Bonchev–Trinajstić information content (AvgIpc) is 2.75. The van der Waals surface area contributed by atoms with E-state index >= 15 is 0 Å².